The van der Waals surface area contributed by atoms with Crippen molar-refractivity contribution in [2.24, 2.45) is 0 Å². The minimum atomic E-state index is -4.86. The molecule has 3 rings (SSSR count). The maximum Gasteiger partial charge on any atom is 0.573 e. The van der Waals surface area contributed by atoms with Gasteiger partial charge >= 0.3 is 12.5 Å². The van der Waals surface area contributed by atoms with E-state index in [4.69, 9.17) is 0 Å². The summed E-state index contributed by atoms with van der Waals surface area (Å²) in [5.74, 6) is -1.20. The molecule has 2 N–H and O–H groups in total. The third-order valence-electron chi connectivity index (χ3n) is 3.94. The first kappa shape index (κ1) is 22.2. The minimum Gasteiger partial charge on any atom is -0.483 e. The summed E-state index contributed by atoms with van der Waals surface area (Å²) in [6, 6.07) is 5.38. The van der Waals surface area contributed by atoms with Crippen LogP contribution in [-0.4, -0.2) is 40.2 Å². The van der Waals surface area contributed by atoms with E-state index in [1.807, 2.05) is 0 Å². The number of pyridine rings is 1. The number of benzene rings is 1. The largest absolute Gasteiger partial charge is 0.573 e. The zero-order chi connectivity index (χ0) is 22.8. The molecule has 2 heterocycles. The van der Waals surface area contributed by atoms with Gasteiger partial charge in [-0.3, -0.25) is 14.9 Å². The van der Waals surface area contributed by atoms with Crippen LogP contribution in [0, 0.1) is 0 Å². The number of aromatic nitrogens is 3. The van der Waals surface area contributed by atoms with Gasteiger partial charge in [0.15, 0.2) is 12.3 Å². The highest BCUT2D eigenvalue weighted by Crippen LogP contribution is 2.27. The van der Waals surface area contributed by atoms with Crippen LogP contribution in [0.3, 0.4) is 0 Å². The molecule has 0 spiro atoms. The number of nitrogens with one attached hydrogen (secondary N) is 2. The molecular formula is C18H14F6N4O3. The monoisotopic (exact) mass is 448 g/mol. The molecule has 0 fully saturated rings. The first-order chi connectivity index (χ1) is 14.4. The molecule has 1 aromatic carbocycles. The average molecular weight is 448 g/mol. The van der Waals surface area contributed by atoms with Crippen LogP contribution in [0.5, 0.6) is 11.5 Å². The number of rotatable bonds is 6. The third-order valence-corrected chi connectivity index (χ3v) is 3.94. The van der Waals surface area contributed by atoms with Crippen LogP contribution >= 0.6 is 0 Å². The summed E-state index contributed by atoms with van der Waals surface area (Å²) >= 11 is 0. The van der Waals surface area contributed by atoms with Gasteiger partial charge in [-0.05, 0) is 31.2 Å². The van der Waals surface area contributed by atoms with Gasteiger partial charge in [0.2, 0.25) is 0 Å². The van der Waals surface area contributed by atoms with E-state index in [-0.39, 0.29) is 22.3 Å². The number of aromatic amines is 1. The molecular weight excluding hydrogens is 434 g/mol. The van der Waals surface area contributed by atoms with Crippen molar-refractivity contribution in [1.29, 1.82) is 0 Å². The molecule has 166 valence electrons. The molecule has 3 aromatic rings. The number of carbonyl (C=O) groups excluding carboxylic acids is 1. The Bertz CT molecular complexity index is 1060. The van der Waals surface area contributed by atoms with Gasteiger partial charge in [0, 0.05) is 11.5 Å². The lowest BCUT2D eigenvalue weighted by Crippen LogP contribution is -2.27. The summed E-state index contributed by atoms with van der Waals surface area (Å²) in [5, 5.41) is 9.15. The highest BCUT2D eigenvalue weighted by atomic mass is 19.4. The Hall–Kier alpha value is -3.51. The quantitative estimate of drug-likeness (QED) is 0.550. The molecule has 31 heavy (non-hydrogen) atoms. The summed E-state index contributed by atoms with van der Waals surface area (Å²) in [5.41, 5.74) is 0.433. The summed E-state index contributed by atoms with van der Waals surface area (Å²) in [6.45, 7) is 0.128. The molecule has 0 saturated heterocycles. The van der Waals surface area contributed by atoms with E-state index >= 15 is 0 Å². The second-order valence-corrected chi connectivity index (χ2v) is 6.35. The first-order valence-corrected chi connectivity index (χ1v) is 8.61. The fourth-order valence-electron chi connectivity index (χ4n) is 2.61. The van der Waals surface area contributed by atoms with Crippen LogP contribution in [0.4, 0.5) is 26.3 Å². The van der Waals surface area contributed by atoms with Gasteiger partial charge < -0.3 is 14.8 Å². The lowest BCUT2D eigenvalue weighted by atomic mass is 10.1. The Kier molecular flexibility index (Phi) is 5.95. The van der Waals surface area contributed by atoms with Gasteiger partial charge in [0.25, 0.3) is 5.91 Å². The van der Waals surface area contributed by atoms with Gasteiger partial charge in [0.05, 0.1) is 23.4 Å². The standard InChI is InChI=1S/C18H14F6N4O3/c1-9(13-5-3-11(7-25-13)30-8-17(19,20)21)26-16(29)15-12-4-2-10(31-18(22,23)24)6-14(12)27-28-15/h2-7,9H,8H2,1H3,(H,26,29)(H,27,28)/t9-/m1/s1. The van der Waals surface area contributed by atoms with E-state index in [2.05, 4.69) is 30.0 Å². The second kappa shape index (κ2) is 8.32. The zero-order valence-electron chi connectivity index (χ0n) is 15.6. The maximum absolute atomic E-state index is 12.5. The molecule has 0 unspecified atom stereocenters. The number of amides is 1. The SMILES string of the molecule is C[C@@H](NC(=O)c1n[nH]c2cc(OC(F)(F)F)ccc12)c1ccc(OCC(F)(F)F)cn1. The molecule has 0 radical (unpaired) electrons. The van der Waals surface area contributed by atoms with Gasteiger partial charge in [-0.15, -0.1) is 13.2 Å². The number of fused-ring (bicyclic) bond motifs is 1. The minimum absolute atomic E-state index is 0.0643. The van der Waals surface area contributed by atoms with Crippen LogP contribution in [0.15, 0.2) is 36.5 Å². The highest BCUT2D eigenvalue weighted by Gasteiger charge is 2.31. The smallest absolute Gasteiger partial charge is 0.483 e. The number of halogens is 6. The Morgan fingerprint density at radius 1 is 1.13 bits per heavy atom. The lowest BCUT2D eigenvalue weighted by molar-refractivity contribution is -0.274. The van der Waals surface area contributed by atoms with E-state index < -0.39 is 36.8 Å². The zero-order valence-corrected chi connectivity index (χ0v) is 15.6. The van der Waals surface area contributed by atoms with Crippen molar-refractivity contribution in [3.8, 4) is 11.5 Å². The highest BCUT2D eigenvalue weighted by molar-refractivity contribution is 6.05. The summed E-state index contributed by atoms with van der Waals surface area (Å²) in [4.78, 5) is 16.5. The van der Waals surface area contributed by atoms with E-state index in [1.165, 1.54) is 18.2 Å². The van der Waals surface area contributed by atoms with E-state index in [0.29, 0.717) is 5.69 Å². The van der Waals surface area contributed by atoms with Crippen molar-refractivity contribution >= 4 is 16.8 Å². The molecule has 0 saturated carbocycles. The normalized spacial score (nSPS) is 13.1. The van der Waals surface area contributed by atoms with Crippen LogP contribution in [0.2, 0.25) is 0 Å². The summed E-state index contributed by atoms with van der Waals surface area (Å²) in [6.07, 6.45) is -8.24. The maximum atomic E-state index is 12.5. The van der Waals surface area contributed by atoms with Crippen molar-refractivity contribution in [1.82, 2.24) is 20.5 Å². The number of nitrogens with zero attached hydrogens (tertiary/aromatic N) is 2. The Morgan fingerprint density at radius 3 is 2.45 bits per heavy atom. The Morgan fingerprint density at radius 2 is 1.84 bits per heavy atom. The number of alkyl halides is 6. The topological polar surface area (TPSA) is 89.1 Å². The fraction of sp³-hybridized carbons (Fsp3) is 0.278. The van der Waals surface area contributed by atoms with Crippen LogP contribution in [0.1, 0.15) is 29.1 Å². The van der Waals surface area contributed by atoms with Gasteiger partial charge in [-0.25, -0.2) is 0 Å². The molecule has 1 atom stereocenters. The van der Waals surface area contributed by atoms with Crippen molar-refractivity contribution in [3.05, 3.63) is 47.9 Å². The van der Waals surface area contributed by atoms with Crippen LogP contribution in [0.25, 0.3) is 10.9 Å². The number of hydrogen-bond acceptors (Lipinski definition) is 5. The number of H-pyrrole nitrogens is 1. The molecule has 7 nitrogen and oxygen atoms in total. The second-order valence-electron chi connectivity index (χ2n) is 6.35. The van der Waals surface area contributed by atoms with Crippen molar-refractivity contribution in [3.63, 3.8) is 0 Å². The molecule has 13 heteroatoms. The van der Waals surface area contributed by atoms with Crippen LogP contribution < -0.4 is 14.8 Å². The van der Waals surface area contributed by atoms with Gasteiger partial charge in [-0.2, -0.15) is 18.3 Å². The summed E-state index contributed by atoms with van der Waals surface area (Å²) < 4.78 is 81.9. The molecule has 0 aliphatic heterocycles. The molecule has 0 aliphatic carbocycles. The number of hydrogen-bond donors (Lipinski definition) is 2. The summed E-state index contributed by atoms with van der Waals surface area (Å²) in [7, 11) is 0. The lowest BCUT2D eigenvalue weighted by Gasteiger charge is -2.14. The van der Waals surface area contributed by atoms with Crippen LogP contribution in [-0.2, 0) is 0 Å². The number of carbonyl (C=O) groups is 1. The van der Waals surface area contributed by atoms with Gasteiger partial charge in [-0.1, -0.05) is 0 Å². The Labute approximate surface area is 170 Å². The van der Waals surface area contributed by atoms with Crippen molar-refractivity contribution in [2.75, 3.05) is 6.61 Å². The van der Waals surface area contributed by atoms with E-state index in [9.17, 15) is 31.1 Å². The fourth-order valence-corrected chi connectivity index (χ4v) is 2.61. The number of ether oxygens (including phenoxy) is 2. The van der Waals surface area contributed by atoms with Crippen molar-refractivity contribution < 1.29 is 40.6 Å². The third kappa shape index (κ3) is 5.99. The molecule has 0 aliphatic rings. The van der Waals surface area contributed by atoms with Crippen molar-refractivity contribution in [2.45, 2.75) is 25.5 Å². The van der Waals surface area contributed by atoms with E-state index in [1.54, 1.807) is 6.92 Å². The Balaban J connectivity index is 1.67. The van der Waals surface area contributed by atoms with E-state index in [0.717, 1.165) is 18.3 Å². The predicted octanol–water partition coefficient (Wildman–Crippen LogP) is 4.29. The predicted molar refractivity (Wildman–Crippen MR) is 94.4 cm³/mol. The molecule has 0 bridgehead atoms. The average Bonchev–Trinajstić information content (AvgIpc) is 3.08. The van der Waals surface area contributed by atoms with Gasteiger partial charge in [0.1, 0.15) is 11.5 Å². The molecule has 2 aromatic heterocycles. The first-order valence-electron chi connectivity index (χ1n) is 8.61. The molecule has 1 amide bonds.